The number of aromatic nitrogens is 2. The van der Waals surface area contributed by atoms with Gasteiger partial charge in [0.15, 0.2) is 0 Å². The fourth-order valence-corrected chi connectivity index (χ4v) is 2.73. The van der Waals surface area contributed by atoms with E-state index in [9.17, 15) is 0 Å². The van der Waals surface area contributed by atoms with Crippen LogP contribution in [0.2, 0.25) is 0 Å². The summed E-state index contributed by atoms with van der Waals surface area (Å²) in [7, 11) is 0. The number of hydrogen-bond donors (Lipinski definition) is 0. The maximum Gasteiger partial charge on any atom is 0.140 e. The normalized spacial score (nSPS) is 11.1. The summed E-state index contributed by atoms with van der Waals surface area (Å²) in [5, 5.41) is 2.09. The molecule has 3 aromatic rings. The highest BCUT2D eigenvalue weighted by atomic mass is 32.1. The molecule has 0 aromatic carbocycles. The molecule has 0 saturated heterocycles. The molecule has 0 radical (unpaired) electrons. The van der Waals surface area contributed by atoms with Crippen LogP contribution < -0.4 is 0 Å². The van der Waals surface area contributed by atoms with Crippen molar-refractivity contribution in [3.63, 3.8) is 0 Å². The standard InChI is InChI=1S/C13H12N2S/c1-9-5-3-7-15-10(2)12(14-13(9)15)11-6-4-8-16-11/h3-8H,1-2H3. The van der Waals surface area contributed by atoms with Crippen LogP contribution in [0, 0.1) is 13.8 Å². The van der Waals surface area contributed by atoms with Gasteiger partial charge >= 0.3 is 0 Å². The van der Waals surface area contributed by atoms with Gasteiger partial charge in [-0.2, -0.15) is 0 Å². The third-order valence-electron chi connectivity index (χ3n) is 2.84. The van der Waals surface area contributed by atoms with E-state index in [1.165, 1.54) is 16.1 Å². The Kier molecular flexibility index (Phi) is 2.07. The van der Waals surface area contributed by atoms with Crippen LogP contribution in [0.4, 0.5) is 0 Å². The fraction of sp³-hybridized carbons (Fsp3) is 0.154. The summed E-state index contributed by atoms with van der Waals surface area (Å²) in [5.74, 6) is 0. The van der Waals surface area contributed by atoms with Crippen molar-refractivity contribution < 1.29 is 0 Å². The average molecular weight is 228 g/mol. The van der Waals surface area contributed by atoms with E-state index in [0.29, 0.717) is 0 Å². The predicted octanol–water partition coefficient (Wildman–Crippen LogP) is 3.68. The highest BCUT2D eigenvalue weighted by Gasteiger charge is 2.11. The zero-order valence-electron chi connectivity index (χ0n) is 9.27. The van der Waals surface area contributed by atoms with E-state index in [1.54, 1.807) is 11.3 Å². The summed E-state index contributed by atoms with van der Waals surface area (Å²) in [6.07, 6.45) is 2.07. The Labute approximate surface area is 98.2 Å². The second-order valence-electron chi connectivity index (χ2n) is 3.91. The first-order chi connectivity index (χ1) is 7.77. The van der Waals surface area contributed by atoms with Gasteiger partial charge < -0.3 is 4.40 Å². The third kappa shape index (κ3) is 1.28. The number of nitrogens with zero attached hydrogens (tertiary/aromatic N) is 2. The van der Waals surface area contributed by atoms with Gasteiger partial charge in [-0.05, 0) is 36.9 Å². The summed E-state index contributed by atoms with van der Waals surface area (Å²) in [5.41, 5.74) is 4.59. The van der Waals surface area contributed by atoms with E-state index < -0.39 is 0 Å². The topological polar surface area (TPSA) is 17.3 Å². The number of thiophene rings is 1. The molecule has 3 heteroatoms. The van der Waals surface area contributed by atoms with Gasteiger partial charge in [-0.1, -0.05) is 12.1 Å². The van der Waals surface area contributed by atoms with Gasteiger partial charge in [0, 0.05) is 11.9 Å². The van der Waals surface area contributed by atoms with Crippen molar-refractivity contribution in [2.24, 2.45) is 0 Å². The number of aryl methyl sites for hydroxylation is 2. The van der Waals surface area contributed by atoms with Crippen molar-refractivity contribution in [3.05, 3.63) is 47.1 Å². The molecule has 0 atom stereocenters. The molecule has 0 saturated carbocycles. The maximum absolute atomic E-state index is 4.73. The minimum Gasteiger partial charge on any atom is -0.303 e. The van der Waals surface area contributed by atoms with Gasteiger partial charge in [-0.15, -0.1) is 11.3 Å². The maximum atomic E-state index is 4.73. The third-order valence-corrected chi connectivity index (χ3v) is 3.72. The average Bonchev–Trinajstić information content (AvgIpc) is 2.88. The SMILES string of the molecule is Cc1cccn2c(C)c(-c3cccs3)nc12. The van der Waals surface area contributed by atoms with Crippen molar-refractivity contribution in [2.45, 2.75) is 13.8 Å². The van der Waals surface area contributed by atoms with E-state index >= 15 is 0 Å². The molecule has 16 heavy (non-hydrogen) atoms. The van der Waals surface area contributed by atoms with Gasteiger partial charge in [-0.3, -0.25) is 0 Å². The van der Waals surface area contributed by atoms with E-state index in [-0.39, 0.29) is 0 Å². The summed E-state index contributed by atoms with van der Waals surface area (Å²) >= 11 is 1.74. The Balaban J connectivity index is 2.36. The van der Waals surface area contributed by atoms with Gasteiger partial charge in [-0.25, -0.2) is 4.98 Å². The molecular formula is C13H12N2S. The van der Waals surface area contributed by atoms with Crippen molar-refractivity contribution in [1.29, 1.82) is 0 Å². The number of hydrogen-bond acceptors (Lipinski definition) is 2. The van der Waals surface area contributed by atoms with E-state index in [1.807, 2.05) is 0 Å². The number of rotatable bonds is 1. The monoisotopic (exact) mass is 228 g/mol. The molecule has 3 aromatic heterocycles. The Morgan fingerprint density at radius 1 is 1.19 bits per heavy atom. The van der Waals surface area contributed by atoms with Crippen molar-refractivity contribution in [3.8, 4) is 10.6 Å². The Hall–Kier alpha value is -1.61. The number of pyridine rings is 1. The highest BCUT2D eigenvalue weighted by molar-refractivity contribution is 7.13. The molecule has 0 aliphatic rings. The lowest BCUT2D eigenvalue weighted by molar-refractivity contribution is 1.10. The molecule has 80 valence electrons. The molecule has 0 N–H and O–H groups in total. The van der Waals surface area contributed by atoms with Gasteiger partial charge in [0.05, 0.1) is 4.88 Å². The second kappa shape index (κ2) is 3.46. The quantitative estimate of drug-likeness (QED) is 0.621. The van der Waals surface area contributed by atoms with Crippen LogP contribution in [0.1, 0.15) is 11.3 Å². The lowest BCUT2D eigenvalue weighted by atomic mass is 10.3. The van der Waals surface area contributed by atoms with Crippen LogP contribution in [0.15, 0.2) is 35.8 Å². The van der Waals surface area contributed by atoms with Crippen LogP contribution in [0.5, 0.6) is 0 Å². The highest BCUT2D eigenvalue weighted by Crippen LogP contribution is 2.28. The summed E-state index contributed by atoms with van der Waals surface area (Å²) in [4.78, 5) is 5.96. The van der Waals surface area contributed by atoms with Gasteiger partial charge in [0.25, 0.3) is 0 Å². The zero-order valence-corrected chi connectivity index (χ0v) is 10.1. The van der Waals surface area contributed by atoms with Crippen molar-refractivity contribution in [2.75, 3.05) is 0 Å². The molecule has 0 aliphatic carbocycles. The minimum absolute atomic E-state index is 1.06. The molecule has 0 unspecified atom stereocenters. The van der Waals surface area contributed by atoms with Crippen LogP contribution in [0.3, 0.4) is 0 Å². The predicted molar refractivity (Wildman–Crippen MR) is 68.0 cm³/mol. The van der Waals surface area contributed by atoms with Gasteiger partial charge in [0.1, 0.15) is 11.3 Å². The first-order valence-electron chi connectivity index (χ1n) is 5.25. The number of fused-ring (bicyclic) bond motifs is 1. The Bertz CT molecular complexity index is 635. The van der Waals surface area contributed by atoms with Crippen LogP contribution >= 0.6 is 11.3 Å². The summed E-state index contributed by atoms with van der Waals surface area (Å²) in [6.45, 7) is 4.22. The van der Waals surface area contributed by atoms with E-state index in [0.717, 1.165) is 11.3 Å². The summed E-state index contributed by atoms with van der Waals surface area (Å²) < 4.78 is 2.16. The molecule has 2 nitrogen and oxygen atoms in total. The molecule has 0 amide bonds. The first kappa shape index (κ1) is 9.60. The summed E-state index contributed by atoms with van der Waals surface area (Å²) in [6, 6.07) is 8.35. The lowest BCUT2D eigenvalue weighted by Gasteiger charge is -1.97. The molecule has 0 spiro atoms. The van der Waals surface area contributed by atoms with E-state index in [4.69, 9.17) is 4.98 Å². The van der Waals surface area contributed by atoms with Crippen LogP contribution in [-0.4, -0.2) is 9.38 Å². The molecule has 3 heterocycles. The zero-order chi connectivity index (χ0) is 11.1. The Morgan fingerprint density at radius 2 is 2.06 bits per heavy atom. The molecule has 0 aliphatic heterocycles. The first-order valence-corrected chi connectivity index (χ1v) is 6.13. The smallest absolute Gasteiger partial charge is 0.140 e. The number of imidazole rings is 1. The molecule has 0 fully saturated rings. The van der Waals surface area contributed by atoms with Crippen molar-refractivity contribution in [1.82, 2.24) is 9.38 Å². The van der Waals surface area contributed by atoms with Crippen LogP contribution in [0.25, 0.3) is 16.2 Å². The Morgan fingerprint density at radius 3 is 2.75 bits per heavy atom. The molecular weight excluding hydrogens is 216 g/mol. The van der Waals surface area contributed by atoms with Crippen LogP contribution in [-0.2, 0) is 0 Å². The largest absolute Gasteiger partial charge is 0.303 e. The fourth-order valence-electron chi connectivity index (χ4n) is 1.97. The van der Waals surface area contributed by atoms with E-state index in [2.05, 4.69) is 54.1 Å². The van der Waals surface area contributed by atoms with Gasteiger partial charge in [0.2, 0.25) is 0 Å². The molecule has 3 rings (SSSR count). The molecule has 0 bridgehead atoms. The van der Waals surface area contributed by atoms with Crippen molar-refractivity contribution >= 4 is 17.0 Å². The minimum atomic E-state index is 1.06. The lowest BCUT2D eigenvalue weighted by Crippen LogP contribution is -1.88. The second-order valence-corrected chi connectivity index (χ2v) is 4.86.